The summed E-state index contributed by atoms with van der Waals surface area (Å²) < 4.78 is 5.26. The van der Waals surface area contributed by atoms with Gasteiger partial charge in [-0.15, -0.1) is 24.0 Å². The highest BCUT2D eigenvalue weighted by Crippen LogP contribution is 2.14. The Bertz CT molecular complexity index is 795. The van der Waals surface area contributed by atoms with Gasteiger partial charge in [0, 0.05) is 18.7 Å². The molecule has 2 aromatic heterocycles. The topological polar surface area (TPSA) is 105 Å². The lowest BCUT2D eigenvalue weighted by Gasteiger charge is -2.06. The average Bonchev–Trinajstić information content (AvgIpc) is 3.27. The molecule has 0 aliphatic rings. The number of aromatic amines is 1. The Morgan fingerprint density at radius 1 is 1.28 bits per heavy atom. The smallest absolute Gasteiger partial charge is 0.216 e. The van der Waals surface area contributed by atoms with E-state index >= 15 is 0 Å². The Kier molecular flexibility index (Phi) is 6.99. The normalized spacial score (nSPS) is 11.2. The number of anilines is 1. The number of halogens is 1. The van der Waals surface area contributed by atoms with E-state index in [1.807, 2.05) is 18.2 Å². The zero-order chi connectivity index (χ0) is 16.8. The molecule has 4 N–H and O–H groups in total. The van der Waals surface area contributed by atoms with Gasteiger partial charge in [0.2, 0.25) is 5.82 Å². The molecule has 2 heterocycles. The molecule has 0 atom stereocenters. The van der Waals surface area contributed by atoms with Gasteiger partial charge in [0.05, 0.1) is 6.26 Å². The number of benzene rings is 1. The highest BCUT2D eigenvalue weighted by Gasteiger charge is 2.07. The monoisotopic (exact) mass is 452 g/mol. The van der Waals surface area contributed by atoms with Gasteiger partial charge in [0.15, 0.2) is 11.7 Å². The van der Waals surface area contributed by atoms with Crippen molar-refractivity contribution in [3.63, 3.8) is 0 Å². The summed E-state index contributed by atoms with van der Waals surface area (Å²) >= 11 is 0. The molecular weight excluding hydrogens is 431 g/mol. The number of aromatic nitrogens is 3. The summed E-state index contributed by atoms with van der Waals surface area (Å²) in [6, 6.07) is 11.7. The number of nitrogens with one attached hydrogen (secondary N) is 2. The molecule has 0 aliphatic carbocycles. The molecule has 0 aliphatic heterocycles. The van der Waals surface area contributed by atoms with Gasteiger partial charge in [-0.3, -0.25) is 10.1 Å². The molecule has 1 aromatic carbocycles. The molecular formula is C17H21IN6O. The summed E-state index contributed by atoms with van der Waals surface area (Å²) in [4.78, 5) is 8.66. The van der Waals surface area contributed by atoms with Crippen LogP contribution in [0.5, 0.6) is 0 Å². The van der Waals surface area contributed by atoms with Crippen molar-refractivity contribution >= 4 is 35.6 Å². The minimum atomic E-state index is 0. The van der Waals surface area contributed by atoms with E-state index < -0.39 is 0 Å². The van der Waals surface area contributed by atoms with Gasteiger partial charge in [-0.25, -0.2) is 4.98 Å². The van der Waals surface area contributed by atoms with Crippen LogP contribution in [-0.2, 0) is 12.8 Å². The fraction of sp³-hybridized carbons (Fsp3) is 0.235. The molecule has 0 radical (unpaired) electrons. The van der Waals surface area contributed by atoms with Crippen LogP contribution in [0.15, 0.2) is 52.1 Å². The average molecular weight is 452 g/mol. The van der Waals surface area contributed by atoms with Gasteiger partial charge in [-0.2, -0.15) is 5.10 Å². The lowest BCUT2D eigenvalue weighted by atomic mass is 10.1. The van der Waals surface area contributed by atoms with Crippen molar-refractivity contribution in [2.24, 2.45) is 10.7 Å². The molecule has 0 unspecified atom stereocenters. The van der Waals surface area contributed by atoms with Crippen molar-refractivity contribution in [2.45, 2.75) is 19.8 Å². The van der Waals surface area contributed by atoms with E-state index in [1.165, 1.54) is 5.56 Å². The first-order valence-corrected chi connectivity index (χ1v) is 7.85. The Balaban J connectivity index is 0.00000225. The second kappa shape index (κ2) is 9.21. The molecule has 0 amide bonds. The highest BCUT2D eigenvalue weighted by atomic mass is 127. The van der Waals surface area contributed by atoms with Crippen molar-refractivity contribution in [1.82, 2.24) is 15.2 Å². The Hall–Kier alpha value is -2.36. The number of rotatable bonds is 6. The SMILES string of the molecule is CCc1ccc(NC(N)=NCCc2nc(-c3ccco3)n[nH]2)cc1.I. The number of H-pyrrole nitrogens is 1. The second-order valence-electron chi connectivity index (χ2n) is 5.28. The van der Waals surface area contributed by atoms with Crippen LogP contribution in [0.4, 0.5) is 5.69 Å². The molecule has 3 aromatic rings. The molecule has 8 heteroatoms. The molecule has 0 saturated heterocycles. The number of furan rings is 1. The third-order valence-electron chi connectivity index (χ3n) is 3.54. The van der Waals surface area contributed by atoms with Crippen molar-refractivity contribution in [3.8, 4) is 11.6 Å². The predicted molar refractivity (Wildman–Crippen MR) is 109 cm³/mol. The zero-order valence-corrected chi connectivity index (χ0v) is 16.2. The van der Waals surface area contributed by atoms with Crippen LogP contribution in [0, 0.1) is 0 Å². The van der Waals surface area contributed by atoms with Crippen LogP contribution in [0.1, 0.15) is 18.3 Å². The van der Waals surface area contributed by atoms with Crippen LogP contribution >= 0.6 is 24.0 Å². The first kappa shape index (κ1) is 19.0. The van der Waals surface area contributed by atoms with E-state index in [-0.39, 0.29) is 24.0 Å². The number of guanidine groups is 1. The lowest BCUT2D eigenvalue weighted by molar-refractivity contribution is 0.577. The van der Waals surface area contributed by atoms with E-state index in [0.717, 1.165) is 17.9 Å². The quantitative estimate of drug-likeness (QED) is 0.303. The van der Waals surface area contributed by atoms with Gasteiger partial charge >= 0.3 is 0 Å². The van der Waals surface area contributed by atoms with Crippen LogP contribution in [0.25, 0.3) is 11.6 Å². The number of aliphatic imine (C=N–C) groups is 1. The van der Waals surface area contributed by atoms with E-state index in [1.54, 1.807) is 12.3 Å². The highest BCUT2D eigenvalue weighted by molar-refractivity contribution is 14.0. The number of hydrogen-bond acceptors (Lipinski definition) is 4. The lowest BCUT2D eigenvalue weighted by Crippen LogP contribution is -2.23. The van der Waals surface area contributed by atoms with Crippen LogP contribution in [0.3, 0.4) is 0 Å². The van der Waals surface area contributed by atoms with E-state index in [0.29, 0.717) is 30.5 Å². The van der Waals surface area contributed by atoms with Crippen LogP contribution in [0.2, 0.25) is 0 Å². The summed E-state index contributed by atoms with van der Waals surface area (Å²) in [7, 11) is 0. The number of nitrogens with two attached hydrogens (primary N) is 1. The van der Waals surface area contributed by atoms with Crippen molar-refractivity contribution < 1.29 is 4.42 Å². The molecule has 0 saturated carbocycles. The zero-order valence-electron chi connectivity index (χ0n) is 13.9. The van der Waals surface area contributed by atoms with Crippen molar-refractivity contribution in [3.05, 3.63) is 54.0 Å². The fourth-order valence-corrected chi connectivity index (χ4v) is 2.22. The third kappa shape index (κ3) is 5.31. The fourth-order valence-electron chi connectivity index (χ4n) is 2.22. The number of aryl methyl sites for hydroxylation is 1. The largest absolute Gasteiger partial charge is 0.461 e. The van der Waals surface area contributed by atoms with Gasteiger partial charge < -0.3 is 15.5 Å². The minimum Gasteiger partial charge on any atom is -0.461 e. The Labute approximate surface area is 163 Å². The van der Waals surface area contributed by atoms with E-state index in [9.17, 15) is 0 Å². The van der Waals surface area contributed by atoms with Gasteiger partial charge in [0.25, 0.3) is 0 Å². The summed E-state index contributed by atoms with van der Waals surface area (Å²) in [5.74, 6) is 2.30. The Morgan fingerprint density at radius 3 is 2.76 bits per heavy atom. The third-order valence-corrected chi connectivity index (χ3v) is 3.54. The molecule has 0 spiro atoms. The van der Waals surface area contributed by atoms with Gasteiger partial charge in [-0.05, 0) is 36.2 Å². The van der Waals surface area contributed by atoms with Crippen LogP contribution < -0.4 is 11.1 Å². The predicted octanol–water partition coefficient (Wildman–Crippen LogP) is 3.21. The molecule has 3 rings (SSSR count). The number of nitrogens with zero attached hydrogens (tertiary/aromatic N) is 3. The standard InChI is InChI=1S/C17H20N6O.HI/c1-2-12-5-7-13(8-6-12)20-17(18)19-10-9-15-21-16(23-22-15)14-4-3-11-24-14;/h3-8,11H,2,9-10H2,1H3,(H3,18,19,20)(H,21,22,23);1H. The Morgan fingerprint density at radius 2 is 2.08 bits per heavy atom. The van der Waals surface area contributed by atoms with Crippen molar-refractivity contribution in [1.29, 1.82) is 0 Å². The molecule has 25 heavy (non-hydrogen) atoms. The maximum atomic E-state index is 5.90. The second-order valence-corrected chi connectivity index (χ2v) is 5.28. The number of hydrogen-bond donors (Lipinski definition) is 3. The van der Waals surface area contributed by atoms with E-state index in [2.05, 4.69) is 44.5 Å². The summed E-state index contributed by atoms with van der Waals surface area (Å²) in [6.45, 7) is 2.64. The summed E-state index contributed by atoms with van der Waals surface area (Å²) in [5, 5.41) is 10.1. The maximum Gasteiger partial charge on any atom is 0.216 e. The van der Waals surface area contributed by atoms with E-state index in [4.69, 9.17) is 10.2 Å². The summed E-state index contributed by atoms with van der Waals surface area (Å²) in [5.41, 5.74) is 8.11. The molecule has 132 valence electrons. The first-order chi connectivity index (χ1) is 11.7. The van der Waals surface area contributed by atoms with Gasteiger partial charge in [-0.1, -0.05) is 19.1 Å². The maximum absolute atomic E-state index is 5.90. The minimum absolute atomic E-state index is 0. The van der Waals surface area contributed by atoms with Crippen molar-refractivity contribution in [2.75, 3.05) is 11.9 Å². The molecule has 0 fully saturated rings. The van der Waals surface area contributed by atoms with Gasteiger partial charge in [0.1, 0.15) is 5.82 Å². The molecule has 7 nitrogen and oxygen atoms in total. The molecule has 0 bridgehead atoms. The first-order valence-electron chi connectivity index (χ1n) is 7.85. The summed E-state index contributed by atoms with van der Waals surface area (Å²) in [6.07, 6.45) is 3.22. The van der Waals surface area contributed by atoms with Crippen LogP contribution in [-0.4, -0.2) is 27.7 Å².